The Kier molecular flexibility index (Phi) is 3.26. The van der Waals surface area contributed by atoms with Crippen molar-refractivity contribution in [2.75, 3.05) is 13.2 Å². The highest BCUT2D eigenvalue weighted by molar-refractivity contribution is 4.85. The Hall–Kier alpha value is -0.200. The largest absolute Gasteiger partial charge is 0.394 e. The van der Waals surface area contributed by atoms with Crippen LogP contribution in [-0.2, 0) is 9.47 Å². The molecule has 0 saturated carbocycles. The molecule has 5 heteroatoms. The molecule has 0 bridgehead atoms. The van der Waals surface area contributed by atoms with Crippen LogP contribution in [0, 0.1) is 0 Å². The predicted octanol–water partition coefficient (Wildman–Crippen LogP) is -1.15. The van der Waals surface area contributed by atoms with Gasteiger partial charge in [0.05, 0.1) is 13.2 Å². The van der Waals surface area contributed by atoms with Gasteiger partial charge in [0.2, 0.25) is 0 Å². The second-order valence-electron chi connectivity index (χ2n) is 3.57. The van der Waals surface area contributed by atoms with Crippen molar-refractivity contribution < 1.29 is 24.8 Å². The van der Waals surface area contributed by atoms with Gasteiger partial charge in [-0.3, -0.25) is 0 Å². The van der Waals surface area contributed by atoms with Crippen molar-refractivity contribution in [3.63, 3.8) is 0 Å². The molecule has 1 fully saturated rings. The maximum Gasteiger partial charge on any atom is 0.164 e. The minimum atomic E-state index is -1.01. The molecular weight excluding hydrogens is 176 g/mol. The van der Waals surface area contributed by atoms with Gasteiger partial charge in [0.15, 0.2) is 5.79 Å². The summed E-state index contributed by atoms with van der Waals surface area (Å²) in [7, 11) is 0. The van der Waals surface area contributed by atoms with Crippen LogP contribution in [0.25, 0.3) is 0 Å². The fraction of sp³-hybridized carbons (Fsp3) is 1.00. The minimum absolute atomic E-state index is 0.231. The number of hydrogen-bond donors (Lipinski definition) is 3. The molecule has 0 aliphatic carbocycles. The second-order valence-corrected chi connectivity index (χ2v) is 3.57. The van der Waals surface area contributed by atoms with Gasteiger partial charge in [-0.05, 0) is 13.8 Å². The predicted molar refractivity (Wildman–Crippen MR) is 44.0 cm³/mol. The summed E-state index contributed by atoms with van der Waals surface area (Å²) < 4.78 is 10.6. The first kappa shape index (κ1) is 10.9. The molecule has 3 atom stereocenters. The van der Waals surface area contributed by atoms with E-state index in [2.05, 4.69) is 0 Å². The van der Waals surface area contributed by atoms with E-state index in [1.807, 2.05) is 0 Å². The molecule has 1 aliphatic rings. The van der Waals surface area contributed by atoms with Gasteiger partial charge in [-0.25, -0.2) is 0 Å². The van der Waals surface area contributed by atoms with E-state index in [-0.39, 0.29) is 6.61 Å². The lowest BCUT2D eigenvalue weighted by molar-refractivity contribution is -0.158. The van der Waals surface area contributed by atoms with Crippen molar-refractivity contribution in [1.82, 2.24) is 0 Å². The summed E-state index contributed by atoms with van der Waals surface area (Å²) in [5, 5.41) is 27.0. The minimum Gasteiger partial charge on any atom is -0.394 e. The van der Waals surface area contributed by atoms with E-state index < -0.39 is 30.7 Å². The van der Waals surface area contributed by atoms with Gasteiger partial charge in [0.25, 0.3) is 0 Å². The van der Waals surface area contributed by atoms with Crippen LogP contribution < -0.4 is 0 Å². The molecule has 0 amide bonds. The molecule has 0 radical (unpaired) electrons. The van der Waals surface area contributed by atoms with Crippen LogP contribution in [0.15, 0.2) is 0 Å². The maximum absolute atomic E-state index is 9.33. The van der Waals surface area contributed by atoms with E-state index in [0.29, 0.717) is 0 Å². The zero-order valence-corrected chi connectivity index (χ0v) is 7.80. The van der Waals surface area contributed by atoms with Crippen molar-refractivity contribution in [2.24, 2.45) is 0 Å². The van der Waals surface area contributed by atoms with Gasteiger partial charge < -0.3 is 24.8 Å². The van der Waals surface area contributed by atoms with Crippen LogP contribution in [0.2, 0.25) is 0 Å². The lowest BCUT2D eigenvalue weighted by atomic mass is 10.1. The normalized spacial score (nSPS) is 34.8. The summed E-state index contributed by atoms with van der Waals surface area (Å²) in [5.74, 6) is -0.811. The summed E-state index contributed by atoms with van der Waals surface area (Å²) >= 11 is 0. The maximum atomic E-state index is 9.33. The Labute approximate surface area is 76.9 Å². The van der Waals surface area contributed by atoms with Gasteiger partial charge in [-0.15, -0.1) is 0 Å². The zero-order chi connectivity index (χ0) is 10.1. The molecule has 3 N–H and O–H groups in total. The summed E-state index contributed by atoms with van der Waals surface area (Å²) in [6, 6.07) is 0. The van der Waals surface area contributed by atoms with E-state index in [1.165, 1.54) is 0 Å². The Bertz CT molecular complexity index is 170. The molecule has 1 heterocycles. The average molecular weight is 192 g/mol. The lowest BCUT2D eigenvalue weighted by Gasteiger charge is -2.19. The van der Waals surface area contributed by atoms with Crippen LogP contribution in [0.5, 0.6) is 0 Å². The van der Waals surface area contributed by atoms with Crippen molar-refractivity contribution in [2.45, 2.75) is 37.9 Å². The van der Waals surface area contributed by atoms with E-state index in [0.717, 1.165) is 0 Å². The number of ether oxygens (including phenoxy) is 2. The van der Waals surface area contributed by atoms with Crippen LogP contribution >= 0.6 is 0 Å². The van der Waals surface area contributed by atoms with Gasteiger partial charge in [0, 0.05) is 0 Å². The Morgan fingerprint density at radius 1 is 1.31 bits per heavy atom. The molecule has 5 nitrogen and oxygen atoms in total. The molecule has 0 aromatic carbocycles. The third-order valence-electron chi connectivity index (χ3n) is 1.97. The molecule has 0 unspecified atom stereocenters. The van der Waals surface area contributed by atoms with Crippen LogP contribution in [0.4, 0.5) is 0 Å². The van der Waals surface area contributed by atoms with Gasteiger partial charge in [0.1, 0.15) is 18.3 Å². The molecule has 0 spiro atoms. The first-order chi connectivity index (χ1) is 6.00. The van der Waals surface area contributed by atoms with Gasteiger partial charge in [-0.1, -0.05) is 0 Å². The van der Waals surface area contributed by atoms with Crippen molar-refractivity contribution in [3.05, 3.63) is 0 Å². The topological polar surface area (TPSA) is 79.2 Å². The fourth-order valence-corrected chi connectivity index (χ4v) is 1.43. The SMILES string of the molecule is CC1(C)O[C@H]([C@@H](O)CO)[C@@H](CO)O1. The van der Waals surface area contributed by atoms with Crippen molar-refractivity contribution in [3.8, 4) is 0 Å². The smallest absolute Gasteiger partial charge is 0.164 e. The molecule has 78 valence electrons. The van der Waals surface area contributed by atoms with Crippen molar-refractivity contribution in [1.29, 1.82) is 0 Å². The quantitative estimate of drug-likeness (QED) is 0.526. The summed E-state index contributed by atoms with van der Waals surface area (Å²) in [6.45, 7) is 2.76. The molecule has 1 saturated heterocycles. The highest BCUT2D eigenvalue weighted by Gasteiger charge is 2.44. The van der Waals surface area contributed by atoms with E-state index in [9.17, 15) is 5.11 Å². The Balaban J connectivity index is 2.63. The third kappa shape index (κ3) is 2.38. The van der Waals surface area contributed by atoms with Crippen molar-refractivity contribution >= 4 is 0 Å². The molecule has 1 aliphatic heterocycles. The second kappa shape index (κ2) is 3.89. The first-order valence-corrected chi connectivity index (χ1v) is 4.25. The summed E-state index contributed by atoms with van der Waals surface area (Å²) in [4.78, 5) is 0. The standard InChI is InChI=1S/C8H16O5/c1-8(2)12-6(4-10)7(13-8)5(11)3-9/h5-7,9-11H,3-4H2,1-2H3/t5-,6+,7+/m0/s1. The molecule has 1 rings (SSSR count). The highest BCUT2D eigenvalue weighted by atomic mass is 16.8. The van der Waals surface area contributed by atoms with Crippen LogP contribution in [0.1, 0.15) is 13.8 Å². The average Bonchev–Trinajstić information content (AvgIpc) is 2.39. The van der Waals surface area contributed by atoms with Crippen LogP contribution in [-0.4, -0.2) is 52.6 Å². The summed E-state index contributed by atoms with van der Waals surface area (Å²) in [6.07, 6.45) is -2.25. The highest BCUT2D eigenvalue weighted by Crippen LogP contribution is 2.29. The van der Waals surface area contributed by atoms with E-state index >= 15 is 0 Å². The molecule has 0 aromatic heterocycles. The third-order valence-corrected chi connectivity index (χ3v) is 1.97. The van der Waals surface area contributed by atoms with Crippen LogP contribution in [0.3, 0.4) is 0 Å². The number of rotatable bonds is 3. The zero-order valence-electron chi connectivity index (χ0n) is 7.80. The fourth-order valence-electron chi connectivity index (χ4n) is 1.43. The molecule has 13 heavy (non-hydrogen) atoms. The van der Waals surface area contributed by atoms with Gasteiger partial charge >= 0.3 is 0 Å². The molecule has 0 aromatic rings. The summed E-state index contributed by atoms with van der Waals surface area (Å²) in [5.41, 5.74) is 0. The number of aliphatic hydroxyl groups excluding tert-OH is 3. The first-order valence-electron chi connectivity index (χ1n) is 4.25. The Morgan fingerprint density at radius 3 is 2.38 bits per heavy atom. The lowest BCUT2D eigenvalue weighted by Crippen LogP contribution is -2.39. The van der Waals surface area contributed by atoms with Gasteiger partial charge in [-0.2, -0.15) is 0 Å². The monoisotopic (exact) mass is 192 g/mol. The molecular formula is C8H16O5. The van der Waals surface area contributed by atoms with E-state index in [4.69, 9.17) is 19.7 Å². The van der Waals surface area contributed by atoms with E-state index in [1.54, 1.807) is 13.8 Å². The Morgan fingerprint density at radius 2 is 1.92 bits per heavy atom. The number of hydrogen-bond acceptors (Lipinski definition) is 5. The number of aliphatic hydroxyl groups is 3.